The molecule has 8 heteroatoms. The first-order valence-electron chi connectivity index (χ1n) is 6.43. The number of rotatable bonds is 6. The Bertz CT molecular complexity index is 634. The first-order chi connectivity index (χ1) is 10.5. The van der Waals surface area contributed by atoms with Gasteiger partial charge in [-0.3, -0.25) is 4.79 Å². The summed E-state index contributed by atoms with van der Waals surface area (Å²) in [5.74, 6) is -1.54. The van der Waals surface area contributed by atoms with Crippen molar-refractivity contribution >= 4 is 45.8 Å². The third-order valence-electron chi connectivity index (χ3n) is 2.69. The van der Waals surface area contributed by atoms with Crippen LogP contribution in [0.5, 0.6) is 0 Å². The van der Waals surface area contributed by atoms with Gasteiger partial charge in [-0.15, -0.1) is 0 Å². The summed E-state index contributed by atoms with van der Waals surface area (Å²) in [6.45, 7) is 0.422. The molecule has 0 aromatic heterocycles. The molecule has 1 amide bonds. The van der Waals surface area contributed by atoms with E-state index in [0.717, 1.165) is 10.0 Å². The molecule has 0 aliphatic carbocycles. The number of aliphatic carboxylic acids is 1. The number of hydrogen-bond donors (Lipinski definition) is 2. The number of nitrogens with zero attached hydrogens (tertiary/aromatic N) is 1. The molecule has 2 rings (SSSR count). The number of carbonyl (C=O) groups is 2. The molecule has 22 heavy (non-hydrogen) atoms. The van der Waals surface area contributed by atoms with Crippen LogP contribution in [-0.2, 0) is 9.59 Å². The normalized spacial score (nSPS) is 19.6. The number of hydrazone groups is 1. The zero-order valence-corrected chi connectivity index (χ0v) is 13.8. The lowest BCUT2D eigenvalue weighted by molar-refractivity contribution is -0.305. The van der Waals surface area contributed by atoms with Gasteiger partial charge in [-0.1, -0.05) is 39.8 Å². The van der Waals surface area contributed by atoms with Gasteiger partial charge in [0.05, 0.1) is 23.0 Å². The van der Waals surface area contributed by atoms with Crippen molar-refractivity contribution < 1.29 is 14.7 Å². The first-order valence-corrected chi connectivity index (χ1v) is 8.11. The molecule has 0 radical (unpaired) electrons. The fourth-order valence-electron chi connectivity index (χ4n) is 1.72. The Labute approximate surface area is 140 Å². The van der Waals surface area contributed by atoms with Gasteiger partial charge >= 0.3 is 0 Å². The number of thioether (sulfide) groups is 1. The lowest BCUT2D eigenvalue weighted by Gasteiger charge is -2.04. The van der Waals surface area contributed by atoms with Crippen LogP contribution in [0, 0.1) is 0 Å². The standard InChI is InChI=1S/C14H14BrN3O3S/c15-10-3-1-2-9(6-10)8-17-16-5-4-12-18-14(21)11(22-12)7-13(19)20/h1-4,6,8,11,16H,5,7H2,(H,18,21)(H,19,20)/p-1/b12-4-,17-8+. The average molecular weight is 383 g/mol. The maximum Gasteiger partial charge on any atom is 0.238 e. The van der Waals surface area contributed by atoms with Gasteiger partial charge in [0.25, 0.3) is 0 Å². The minimum atomic E-state index is -1.23. The smallest absolute Gasteiger partial charge is 0.238 e. The molecule has 1 unspecified atom stereocenters. The highest BCUT2D eigenvalue weighted by atomic mass is 79.9. The van der Waals surface area contributed by atoms with E-state index in [1.807, 2.05) is 24.3 Å². The number of carboxylic acid groups (broad SMARTS) is 1. The van der Waals surface area contributed by atoms with E-state index in [1.54, 1.807) is 12.3 Å². The van der Waals surface area contributed by atoms with Gasteiger partial charge in [-0.2, -0.15) is 5.10 Å². The highest BCUT2D eigenvalue weighted by Gasteiger charge is 2.28. The summed E-state index contributed by atoms with van der Waals surface area (Å²) in [4.78, 5) is 22.0. The molecular weight excluding hydrogens is 370 g/mol. The molecule has 116 valence electrons. The predicted octanol–water partition coefficient (Wildman–Crippen LogP) is 0.586. The van der Waals surface area contributed by atoms with Gasteiger partial charge in [-0.25, -0.2) is 0 Å². The largest absolute Gasteiger partial charge is 0.550 e. The Kier molecular flexibility index (Phi) is 6.02. The maximum absolute atomic E-state index is 11.5. The second-order valence-corrected chi connectivity index (χ2v) is 6.58. The highest BCUT2D eigenvalue weighted by Crippen LogP contribution is 2.28. The van der Waals surface area contributed by atoms with Crippen LogP contribution in [0.4, 0.5) is 0 Å². The monoisotopic (exact) mass is 382 g/mol. The van der Waals surface area contributed by atoms with E-state index in [0.29, 0.717) is 11.6 Å². The summed E-state index contributed by atoms with van der Waals surface area (Å²) in [5.41, 5.74) is 3.79. The Morgan fingerprint density at radius 1 is 1.55 bits per heavy atom. The third-order valence-corrected chi connectivity index (χ3v) is 4.37. The maximum atomic E-state index is 11.5. The molecule has 2 N–H and O–H groups in total. The van der Waals surface area contributed by atoms with E-state index < -0.39 is 11.2 Å². The van der Waals surface area contributed by atoms with Gasteiger partial charge < -0.3 is 20.6 Å². The van der Waals surface area contributed by atoms with Gasteiger partial charge in [0.2, 0.25) is 5.91 Å². The molecule has 0 bridgehead atoms. The van der Waals surface area contributed by atoms with E-state index in [9.17, 15) is 14.7 Å². The number of amides is 1. The third kappa shape index (κ3) is 5.19. The Hall–Kier alpha value is -1.80. The van der Waals surface area contributed by atoms with Crippen LogP contribution in [0.2, 0.25) is 0 Å². The number of carbonyl (C=O) groups excluding carboxylic acids is 2. The lowest BCUT2D eigenvalue weighted by atomic mass is 10.2. The van der Waals surface area contributed by atoms with E-state index in [-0.39, 0.29) is 12.3 Å². The molecule has 1 saturated heterocycles. The zero-order valence-electron chi connectivity index (χ0n) is 11.4. The summed E-state index contributed by atoms with van der Waals surface area (Å²) >= 11 is 4.56. The van der Waals surface area contributed by atoms with Crippen LogP contribution in [0.1, 0.15) is 12.0 Å². The summed E-state index contributed by atoms with van der Waals surface area (Å²) in [7, 11) is 0. The van der Waals surface area contributed by atoms with Crippen LogP contribution in [-0.4, -0.2) is 29.9 Å². The molecule has 1 fully saturated rings. The van der Waals surface area contributed by atoms with E-state index in [1.165, 1.54) is 11.8 Å². The van der Waals surface area contributed by atoms with E-state index in [4.69, 9.17) is 0 Å². The Morgan fingerprint density at radius 3 is 3.09 bits per heavy atom. The van der Waals surface area contributed by atoms with E-state index >= 15 is 0 Å². The number of nitrogens with one attached hydrogen (secondary N) is 2. The van der Waals surface area contributed by atoms with Crippen molar-refractivity contribution in [2.45, 2.75) is 11.7 Å². The van der Waals surface area contributed by atoms with Crippen LogP contribution >= 0.6 is 27.7 Å². The minimum Gasteiger partial charge on any atom is -0.550 e. The molecule has 6 nitrogen and oxygen atoms in total. The molecule has 1 aromatic carbocycles. The van der Waals surface area contributed by atoms with Crippen LogP contribution in [0.15, 0.2) is 44.9 Å². The zero-order chi connectivity index (χ0) is 15.9. The number of halogens is 1. The quantitative estimate of drug-likeness (QED) is 0.426. The summed E-state index contributed by atoms with van der Waals surface area (Å²) in [6.07, 6.45) is 3.14. The highest BCUT2D eigenvalue weighted by molar-refractivity contribution is 9.10. The predicted molar refractivity (Wildman–Crippen MR) is 87.0 cm³/mol. The van der Waals surface area contributed by atoms with Gasteiger partial charge in [0.15, 0.2) is 0 Å². The lowest BCUT2D eigenvalue weighted by Crippen LogP contribution is -2.31. The van der Waals surface area contributed by atoms with Crippen molar-refractivity contribution in [3.63, 3.8) is 0 Å². The van der Waals surface area contributed by atoms with Crippen molar-refractivity contribution in [1.82, 2.24) is 10.7 Å². The number of benzene rings is 1. The molecule has 0 saturated carbocycles. The first kappa shape index (κ1) is 16.6. The SMILES string of the molecule is O=C([O-])CC1S/C(=C\CN/N=C/c2cccc(Br)c2)NC1=O. The van der Waals surface area contributed by atoms with Crippen LogP contribution < -0.4 is 15.8 Å². The minimum absolute atomic E-state index is 0.289. The second-order valence-electron chi connectivity index (χ2n) is 4.42. The molecule has 1 aliphatic heterocycles. The fourth-order valence-corrected chi connectivity index (χ4v) is 3.17. The van der Waals surface area contributed by atoms with Gasteiger partial charge in [0, 0.05) is 16.9 Å². The van der Waals surface area contributed by atoms with Crippen molar-refractivity contribution in [2.24, 2.45) is 5.10 Å². The summed E-state index contributed by atoms with van der Waals surface area (Å²) in [5, 5.41) is 17.2. The van der Waals surface area contributed by atoms with Gasteiger partial charge in [0.1, 0.15) is 0 Å². The van der Waals surface area contributed by atoms with Crippen molar-refractivity contribution in [1.29, 1.82) is 0 Å². The van der Waals surface area contributed by atoms with Crippen LogP contribution in [0.3, 0.4) is 0 Å². The van der Waals surface area contributed by atoms with Crippen molar-refractivity contribution in [2.75, 3.05) is 6.54 Å². The molecule has 1 heterocycles. The number of carboxylic acids is 1. The molecule has 1 aromatic rings. The Balaban J connectivity index is 1.78. The van der Waals surface area contributed by atoms with E-state index in [2.05, 4.69) is 31.8 Å². The topological polar surface area (TPSA) is 93.6 Å². The summed E-state index contributed by atoms with van der Waals surface area (Å²) in [6, 6.07) is 7.70. The molecule has 0 spiro atoms. The fraction of sp³-hybridized carbons (Fsp3) is 0.214. The number of hydrogen-bond acceptors (Lipinski definition) is 6. The van der Waals surface area contributed by atoms with Crippen LogP contribution in [0.25, 0.3) is 0 Å². The Morgan fingerprint density at radius 2 is 2.36 bits per heavy atom. The molecular formula is C14H13BrN3O3S-. The van der Waals surface area contributed by atoms with Gasteiger partial charge in [-0.05, 0) is 23.8 Å². The molecule has 1 aliphatic rings. The second kappa shape index (κ2) is 8.00. The van der Waals surface area contributed by atoms with Crippen molar-refractivity contribution in [3.8, 4) is 0 Å². The average Bonchev–Trinajstić information content (AvgIpc) is 2.78. The van der Waals surface area contributed by atoms with Crippen molar-refractivity contribution in [3.05, 3.63) is 45.4 Å². The summed E-state index contributed by atoms with van der Waals surface area (Å²) < 4.78 is 0.975. The molecule has 1 atom stereocenters.